The zero-order valence-electron chi connectivity index (χ0n) is 16.5. The van der Waals surface area contributed by atoms with Crippen molar-refractivity contribution in [2.45, 2.75) is 39.3 Å². The normalized spacial score (nSPS) is 13.6. The van der Waals surface area contributed by atoms with E-state index < -0.39 is 0 Å². The largest absolute Gasteiger partial charge is 0.334 e. The summed E-state index contributed by atoms with van der Waals surface area (Å²) < 4.78 is 3.94. The Morgan fingerprint density at radius 1 is 1.32 bits per heavy atom. The first-order chi connectivity index (χ1) is 13.5. The molecule has 0 saturated heterocycles. The molecular formula is C20H25N7O. The second kappa shape index (κ2) is 7.46. The number of urea groups is 1. The van der Waals surface area contributed by atoms with Gasteiger partial charge in [0.15, 0.2) is 0 Å². The molecule has 8 nitrogen and oxygen atoms in total. The van der Waals surface area contributed by atoms with Crippen LogP contribution in [0.1, 0.15) is 42.7 Å². The molecule has 0 unspecified atom stereocenters. The molecule has 0 bridgehead atoms. The summed E-state index contributed by atoms with van der Waals surface area (Å²) in [4.78, 5) is 23.6. The number of nitrogens with zero attached hydrogens (tertiary/aromatic N) is 6. The van der Waals surface area contributed by atoms with E-state index in [1.807, 2.05) is 24.4 Å². The number of nitrogens with one attached hydrogen (secondary N) is 1. The van der Waals surface area contributed by atoms with E-state index in [9.17, 15) is 4.79 Å². The Morgan fingerprint density at radius 3 is 2.93 bits per heavy atom. The molecule has 4 heterocycles. The van der Waals surface area contributed by atoms with E-state index >= 15 is 0 Å². The molecule has 0 fully saturated rings. The number of anilines is 1. The monoisotopic (exact) mass is 379 g/mol. The number of imidazole rings is 1. The summed E-state index contributed by atoms with van der Waals surface area (Å²) in [6.07, 6.45) is 6.06. The summed E-state index contributed by atoms with van der Waals surface area (Å²) in [5, 5.41) is 7.25. The Kier molecular flexibility index (Phi) is 4.85. The topological polar surface area (TPSA) is 80.9 Å². The Bertz CT molecular complexity index is 974. The van der Waals surface area contributed by atoms with Crippen LogP contribution in [0.2, 0.25) is 0 Å². The third-order valence-corrected chi connectivity index (χ3v) is 5.03. The molecule has 1 aliphatic heterocycles. The molecule has 146 valence electrons. The molecule has 0 saturated carbocycles. The second-order valence-electron chi connectivity index (χ2n) is 7.43. The van der Waals surface area contributed by atoms with E-state index in [1.165, 1.54) is 5.69 Å². The van der Waals surface area contributed by atoms with Crippen LogP contribution in [0.5, 0.6) is 0 Å². The zero-order chi connectivity index (χ0) is 19.7. The van der Waals surface area contributed by atoms with E-state index in [-0.39, 0.29) is 6.03 Å². The molecule has 0 aromatic carbocycles. The van der Waals surface area contributed by atoms with Gasteiger partial charge in [-0.15, -0.1) is 0 Å². The van der Waals surface area contributed by atoms with Gasteiger partial charge in [0.05, 0.1) is 36.4 Å². The number of rotatable bonds is 4. The molecule has 0 spiro atoms. The van der Waals surface area contributed by atoms with Gasteiger partial charge in [-0.3, -0.25) is 9.67 Å². The third-order valence-electron chi connectivity index (χ3n) is 5.03. The van der Waals surface area contributed by atoms with Crippen LogP contribution >= 0.6 is 0 Å². The van der Waals surface area contributed by atoms with Gasteiger partial charge < -0.3 is 14.8 Å². The van der Waals surface area contributed by atoms with Crippen molar-refractivity contribution >= 4 is 11.7 Å². The molecule has 2 amide bonds. The number of aromatic nitrogens is 5. The molecule has 1 N–H and O–H groups in total. The van der Waals surface area contributed by atoms with Crippen LogP contribution in [0, 0.1) is 0 Å². The molecule has 0 aliphatic carbocycles. The second-order valence-corrected chi connectivity index (χ2v) is 7.43. The predicted octanol–water partition coefficient (Wildman–Crippen LogP) is 2.77. The first-order valence-electron chi connectivity index (χ1n) is 9.54. The van der Waals surface area contributed by atoms with Gasteiger partial charge in [-0.25, -0.2) is 9.78 Å². The van der Waals surface area contributed by atoms with Crippen molar-refractivity contribution in [1.82, 2.24) is 29.2 Å². The minimum Gasteiger partial charge on any atom is -0.334 e. The van der Waals surface area contributed by atoms with Gasteiger partial charge in [0, 0.05) is 44.0 Å². The molecule has 4 rings (SSSR count). The van der Waals surface area contributed by atoms with Crippen molar-refractivity contribution in [3.05, 3.63) is 59.7 Å². The summed E-state index contributed by atoms with van der Waals surface area (Å²) in [5.41, 5.74) is 3.83. The van der Waals surface area contributed by atoms with E-state index in [0.29, 0.717) is 31.2 Å². The maximum atomic E-state index is 12.7. The van der Waals surface area contributed by atoms with Gasteiger partial charge in [-0.1, -0.05) is 19.9 Å². The SMILES string of the molecule is CC(C)c1nc2c(n1C)CCN(C(=O)Nc1cnn(Cc3ccccn3)c1)C2. The first kappa shape index (κ1) is 18.2. The zero-order valence-corrected chi connectivity index (χ0v) is 16.5. The summed E-state index contributed by atoms with van der Waals surface area (Å²) in [5.74, 6) is 1.44. The highest BCUT2D eigenvalue weighted by Crippen LogP contribution is 2.23. The average Bonchev–Trinajstić information content (AvgIpc) is 3.26. The Morgan fingerprint density at radius 2 is 2.18 bits per heavy atom. The quantitative estimate of drug-likeness (QED) is 0.756. The highest BCUT2D eigenvalue weighted by Gasteiger charge is 2.26. The number of hydrogen-bond acceptors (Lipinski definition) is 4. The summed E-state index contributed by atoms with van der Waals surface area (Å²) in [6.45, 7) is 6.05. The van der Waals surface area contributed by atoms with Crippen molar-refractivity contribution < 1.29 is 4.79 Å². The maximum Gasteiger partial charge on any atom is 0.322 e. The number of amides is 2. The number of carbonyl (C=O) groups excluding carboxylic acids is 1. The van der Waals surface area contributed by atoms with Crippen molar-refractivity contribution in [3.8, 4) is 0 Å². The number of carbonyl (C=O) groups is 1. The van der Waals surface area contributed by atoms with Gasteiger partial charge in [-0.2, -0.15) is 5.10 Å². The van der Waals surface area contributed by atoms with Gasteiger partial charge in [0.25, 0.3) is 0 Å². The van der Waals surface area contributed by atoms with Gasteiger partial charge >= 0.3 is 6.03 Å². The van der Waals surface area contributed by atoms with E-state index in [2.05, 4.69) is 40.9 Å². The van der Waals surface area contributed by atoms with Crippen LogP contribution in [-0.2, 0) is 26.6 Å². The number of fused-ring (bicyclic) bond motifs is 1. The van der Waals surface area contributed by atoms with Crippen molar-refractivity contribution in [3.63, 3.8) is 0 Å². The fraction of sp³-hybridized carbons (Fsp3) is 0.400. The van der Waals surface area contributed by atoms with E-state index in [4.69, 9.17) is 4.98 Å². The fourth-order valence-corrected chi connectivity index (χ4v) is 3.61. The Labute approximate surface area is 164 Å². The van der Waals surface area contributed by atoms with Crippen LogP contribution in [0.15, 0.2) is 36.8 Å². The molecule has 0 radical (unpaired) electrons. The van der Waals surface area contributed by atoms with Crippen molar-refractivity contribution in [1.29, 1.82) is 0 Å². The highest BCUT2D eigenvalue weighted by atomic mass is 16.2. The summed E-state index contributed by atoms with van der Waals surface area (Å²) in [6, 6.07) is 5.65. The third kappa shape index (κ3) is 3.62. The average molecular weight is 379 g/mol. The fourth-order valence-electron chi connectivity index (χ4n) is 3.61. The van der Waals surface area contributed by atoms with Gasteiger partial charge in [-0.05, 0) is 12.1 Å². The van der Waals surface area contributed by atoms with Crippen LogP contribution in [-0.4, -0.2) is 41.8 Å². The lowest BCUT2D eigenvalue weighted by Gasteiger charge is -2.26. The number of pyridine rings is 1. The predicted molar refractivity (Wildman–Crippen MR) is 106 cm³/mol. The number of hydrogen-bond donors (Lipinski definition) is 1. The molecule has 28 heavy (non-hydrogen) atoms. The Balaban J connectivity index is 1.40. The first-order valence-corrected chi connectivity index (χ1v) is 9.54. The van der Waals surface area contributed by atoms with Crippen LogP contribution < -0.4 is 5.32 Å². The summed E-state index contributed by atoms with van der Waals surface area (Å²) in [7, 11) is 2.06. The molecule has 3 aromatic heterocycles. The minimum absolute atomic E-state index is 0.125. The smallest absolute Gasteiger partial charge is 0.322 e. The van der Waals surface area contributed by atoms with E-state index in [1.54, 1.807) is 22.0 Å². The van der Waals surface area contributed by atoms with E-state index in [0.717, 1.165) is 23.6 Å². The summed E-state index contributed by atoms with van der Waals surface area (Å²) >= 11 is 0. The molecule has 0 atom stereocenters. The highest BCUT2D eigenvalue weighted by molar-refractivity contribution is 5.89. The van der Waals surface area contributed by atoms with Crippen LogP contribution in [0.25, 0.3) is 0 Å². The van der Waals surface area contributed by atoms with Crippen molar-refractivity contribution in [2.24, 2.45) is 7.05 Å². The lowest BCUT2D eigenvalue weighted by Crippen LogP contribution is -2.39. The van der Waals surface area contributed by atoms with Crippen LogP contribution in [0.3, 0.4) is 0 Å². The minimum atomic E-state index is -0.125. The molecule has 3 aromatic rings. The van der Waals surface area contributed by atoms with Crippen molar-refractivity contribution in [2.75, 3.05) is 11.9 Å². The Hall–Kier alpha value is -3.16. The molecular weight excluding hydrogens is 354 g/mol. The lowest BCUT2D eigenvalue weighted by molar-refractivity contribution is 0.205. The lowest BCUT2D eigenvalue weighted by atomic mass is 10.1. The van der Waals surface area contributed by atoms with Gasteiger partial charge in [0.1, 0.15) is 5.82 Å². The van der Waals surface area contributed by atoms with Crippen LogP contribution in [0.4, 0.5) is 10.5 Å². The molecule has 1 aliphatic rings. The maximum absolute atomic E-state index is 12.7. The molecule has 8 heteroatoms. The van der Waals surface area contributed by atoms with Gasteiger partial charge in [0.2, 0.25) is 0 Å². The standard InChI is InChI=1S/C20H25N7O/c1-14(2)19-24-17-13-26(9-7-18(17)25(19)3)20(28)23-16-10-22-27(12-16)11-15-6-4-5-8-21-15/h4-6,8,10,12,14H,7,9,11,13H2,1-3H3,(H,23,28).